The molecule has 6 nitrogen and oxygen atoms in total. The van der Waals surface area contributed by atoms with Crippen molar-refractivity contribution in [3.8, 4) is 0 Å². The number of nitrogens with zero attached hydrogens (tertiary/aromatic N) is 1. The van der Waals surface area contributed by atoms with Gasteiger partial charge in [-0.05, 0) is 37.8 Å². The number of rotatable bonds is 5. The van der Waals surface area contributed by atoms with Crippen LogP contribution >= 0.6 is 0 Å². The Balaban J connectivity index is 2.77. The molecule has 0 aromatic carbocycles. The molecule has 0 saturated carbocycles. The molecule has 0 radical (unpaired) electrons. The molecule has 2 amide bonds. The van der Waals surface area contributed by atoms with Crippen LogP contribution in [0.15, 0.2) is 0 Å². The fourth-order valence-electron chi connectivity index (χ4n) is 2.66. The summed E-state index contributed by atoms with van der Waals surface area (Å²) < 4.78 is 0. The zero-order valence-corrected chi connectivity index (χ0v) is 13.6. The van der Waals surface area contributed by atoms with Gasteiger partial charge in [0.2, 0.25) is 0 Å². The van der Waals surface area contributed by atoms with Crippen LogP contribution in [-0.4, -0.2) is 53.7 Å². The van der Waals surface area contributed by atoms with Crippen LogP contribution in [0.2, 0.25) is 0 Å². The highest BCUT2D eigenvalue weighted by Gasteiger charge is 2.35. The molecule has 1 rings (SSSR count). The molecule has 3 N–H and O–H groups in total. The summed E-state index contributed by atoms with van der Waals surface area (Å²) in [6.45, 7) is 9.95. The van der Waals surface area contributed by atoms with Crippen LogP contribution in [0.25, 0.3) is 0 Å². The fraction of sp³-hybridized carbons (Fsp3) is 0.867. The number of nitrogens with one attached hydrogen (secondary N) is 2. The maximum absolute atomic E-state index is 12.5. The van der Waals surface area contributed by atoms with Crippen molar-refractivity contribution in [2.75, 3.05) is 19.6 Å². The Hall–Kier alpha value is -1.30. The van der Waals surface area contributed by atoms with Crippen LogP contribution in [0.1, 0.15) is 47.0 Å². The average molecular weight is 299 g/mol. The lowest BCUT2D eigenvalue weighted by Crippen LogP contribution is -2.56. The summed E-state index contributed by atoms with van der Waals surface area (Å²) in [5.74, 6) is -0.988. The third kappa shape index (κ3) is 5.19. The summed E-state index contributed by atoms with van der Waals surface area (Å²) in [6, 6.07) is -0.947. The number of amides is 2. The first-order valence-corrected chi connectivity index (χ1v) is 7.78. The van der Waals surface area contributed by atoms with Crippen LogP contribution in [0, 0.1) is 5.41 Å². The van der Waals surface area contributed by atoms with E-state index in [0.29, 0.717) is 6.54 Å². The number of urea groups is 1. The highest BCUT2D eigenvalue weighted by molar-refractivity contribution is 5.83. The van der Waals surface area contributed by atoms with Gasteiger partial charge in [0.05, 0.1) is 0 Å². The van der Waals surface area contributed by atoms with Gasteiger partial charge in [-0.25, -0.2) is 9.59 Å². The van der Waals surface area contributed by atoms with E-state index in [1.165, 1.54) is 0 Å². The molecule has 0 spiro atoms. The molecule has 6 heteroatoms. The molecule has 1 saturated heterocycles. The molecular weight excluding hydrogens is 270 g/mol. The minimum atomic E-state index is -0.988. The van der Waals surface area contributed by atoms with Crippen molar-refractivity contribution in [1.82, 2.24) is 15.5 Å². The summed E-state index contributed by atoms with van der Waals surface area (Å²) in [5.41, 5.74) is -0.520. The summed E-state index contributed by atoms with van der Waals surface area (Å²) in [4.78, 5) is 25.7. The van der Waals surface area contributed by atoms with Gasteiger partial charge in [-0.2, -0.15) is 0 Å². The van der Waals surface area contributed by atoms with Gasteiger partial charge >= 0.3 is 12.0 Å². The first-order valence-electron chi connectivity index (χ1n) is 7.78. The van der Waals surface area contributed by atoms with Crippen molar-refractivity contribution >= 4 is 12.0 Å². The number of carboxylic acids is 1. The molecule has 21 heavy (non-hydrogen) atoms. The van der Waals surface area contributed by atoms with E-state index < -0.39 is 17.4 Å². The fourth-order valence-corrected chi connectivity index (χ4v) is 2.66. The molecule has 1 fully saturated rings. The van der Waals surface area contributed by atoms with E-state index in [9.17, 15) is 14.7 Å². The molecule has 0 aromatic rings. The summed E-state index contributed by atoms with van der Waals surface area (Å²) in [7, 11) is 0. The highest BCUT2D eigenvalue weighted by Crippen LogP contribution is 2.20. The molecule has 122 valence electrons. The Bertz CT molecular complexity index is 360. The van der Waals surface area contributed by atoms with Crippen LogP contribution in [0.4, 0.5) is 4.79 Å². The van der Waals surface area contributed by atoms with Crippen LogP contribution in [0.3, 0.4) is 0 Å². The zero-order chi connectivity index (χ0) is 16.0. The number of aliphatic carboxylic acids is 1. The van der Waals surface area contributed by atoms with Gasteiger partial charge in [-0.15, -0.1) is 0 Å². The van der Waals surface area contributed by atoms with Crippen LogP contribution in [-0.2, 0) is 4.79 Å². The molecule has 0 aromatic heterocycles. The lowest BCUT2D eigenvalue weighted by molar-refractivity contribution is -0.142. The van der Waals surface area contributed by atoms with Gasteiger partial charge < -0.3 is 20.6 Å². The smallest absolute Gasteiger partial charge is 0.326 e. The SMILES string of the molecule is CCCN(C(=O)N[C@@H](C(=O)O)C(C)(C)C)C1CCNCC1. The maximum Gasteiger partial charge on any atom is 0.326 e. The predicted molar refractivity (Wildman–Crippen MR) is 82.3 cm³/mol. The van der Waals surface area contributed by atoms with Crippen LogP contribution < -0.4 is 10.6 Å². The van der Waals surface area contributed by atoms with Crippen molar-refractivity contribution in [3.05, 3.63) is 0 Å². The number of hydrogen-bond donors (Lipinski definition) is 3. The molecule has 1 heterocycles. The normalized spacial score (nSPS) is 18.1. The third-order valence-electron chi connectivity index (χ3n) is 3.86. The maximum atomic E-state index is 12.5. The van der Waals surface area contributed by atoms with E-state index in [2.05, 4.69) is 10.6 Å². The van der Waals surface area contributed by atoms with E-state index in [0.717, 1.165) is 32.4 Å². The van der Waals surface area contributed by atoms with Gasteiger partial charge in [0.1, 0.15) is 6.04 Å². The van der Waals surface area contributed by atoms with Gasteiger partial charge in [0.25, 0.3) is 0 Å². The summed E-state index contributed by atoms with van der Waals surface area (Å²) in [6.07, 6.45) is 2.70. The lowest BCUT2D eigenvalue weighted by atomic mass is 9.87. The lowest BCUT2D eigenvalue weighted by Gasteiger charge is -2.37. The number of hydrogen-bond acceptors (Lipinski definition) is 3. The van der Waals surface area contributed by atoms with E-state index in [1.54, 1.807) is 0 Å². The number of piperidine rings is 1. The van der Waals surface area contributed by atoms with E-state index >= 15 is 0 Å². The summed E-state index contributed by atoms with van der Waals surface area (Å²) in [5, 5.41) is 15.3. The first-order chi connectivity index (χ1) is 9.77. The Labute approximate surface area is 127 Å². The number of carbonyl (C=O) groups excluding carboxylic acids is 1. The van der Waals surface area contributed by atoms with E-state index in [4.69, 9.17) is 0 Å². The second kappa shape index (κ2) is 7.64. The number of carbonyl (C=O) groups is 2. The summed E-state index contributed by atoms with van der Waals surface area (Å²) >= 11 is 0. The predicted octanol–water partition coefficient (Wildman–Crippen LogP) is 1.66. The second-order valence-corrected chi connectivity index (χ2v) is 6.76. The Morgan fingerprint density at radius 1 is 1.33 bits per heavy atom. The molecule has 0 bridgehead atoms. The van der Waals surface area contributed by atoms with Crippen molar-refractivity contribution in [1.29, 1.82) is 0 Å². The Kier molecular flexibility index (Phi) is 6.45. The molecular formula is C15H29N3O3. The van der Waals surface area contributed by atoms with Crippen molar-refractivity contribution in [3.63, 3.8) is 0 Å². The quantitative estimate of drug-likeness (QED) is 0.721. The average Bonchev–Trinajstić information content (AvgIpc) is 2.41. The van der Waals surface area contributed by atoms with Gasteiger partial charge in [0, 0.05) is 12.6 Å². The number of carboxylic acid groups (broad SMARTS) is 1. The van der Waals surface area contributed by atoms with Crippen molar-refractivity contribution in [2.45, 2.75) is 59.0 Å². The molecule has 0 aliphatic carbocycles. The van der Waals surface area contributed by atoms with Gasteiger partial charge in [-0.3, -0.25) is 0 Å². The van der Waals surface area contributed by atoms with Gasteiger partial charge in [-0.1, -0.05) is 27.7 Å². The Morgan fingerprint density at radius 3 is 2.33 bits per heavy atom. The highest BCUT2D eigenvalue weighted by atomic mass is 16.4. The largest absolute Gasteiger partial charge is 0.480 e. The van der Waals surface area contributed by atoms with Gasteiger partial charge in [0.15, 0.2) is 0 Å². The van der Waals surface area contributed by atoms with Crippen LogP contribution in [0.5, 0.6) is 0 Å². The molecule has 1 aliphatic heterocycles. The standard InChI is InChI=1S/C15H29N3O3/c1-5-10-18(11-6-8-16-9-7-11)14(21)17-12(13(19)20)15(2,3)4/h11-12,16H,5-10H2,1-4H3,(H,17,21)(H,19,20)/t12-/m0/s1. The first kappa shape index (κ1) is 17.8. The molecule has 1 aliphatic rings. The van der Waals surface area contributed by atoms with Crippen molar-refractivity contribution < 1.29 is 14.7 Å². The van der Waals surface area contributed by atoms with E-state index in [-0.39, 0.29) is 12.1 Å². The molecule has 1 atom stereocenters. The zero-order valence-electron chi connectivity index (χ0n) is 13.6. The third-order valence-corrected chi connectivity index (χ3v) is 3.86. The minimum absolute atomic E-state index is 0.195. The van der Waals surface area contributed by atoms with E-state index in [1.807, 2.05) is 32.6 Å². The van der Waals surface area contributed by atoms with Crippen molar-refractivity contribution in [2.24, 2.45) is 5.41 Å². The Morgan fingerprint density at radius 2 is 1.90 bits per heavy atom. The second-order valence-electron chi connectivity index (χ2n) is 6.76. The topological polar surface area (TPSA) is 81.7 Å². The monoisotopic (exact) mass is 299 g/mol. The minimum Gasteiger partial charge on any atom is -0.480 e. The molecule has 0 unspecified atom stereocenters.